The predicted molar refractivity (Wildman–Crippen MR) is 94.9 cm³/mol. The summed E-state index contributed by atoms with van der Waals surface area (Å²) in [6.07, 6.45) is 0.744. The quantitative estimate of drug-likeness (QED) is 0.714. The molecule has 0 radical (unpaired) electrons. The Morgan fingerprint density at radius 3 is 2.64 bits per heavy atom. The van der Waals surface area contributed by atoms with Crippen LogP contribution in [0.5, 0.6) is 0 Å². The van der Waals surface area contributed by atoms with E-state index in [9.17, 15) is 13.6 Å². The molecule has 1 amide bonds. The van der Waals surface area contributed by atoms with E-state index in [1.165, 1.54) is 24.3 Å². The van der Waals surface area contributed by atoms with Gasteiger partial charge < -0.3 is 5.32 Å². The SMILES string of the molecule is CCc1cc(-c2sc(C(=O)Nc3ccccc3F)cc2F)n(CC)n1. The normalized spacial score (nSPS) is 10.9. The van der Waals surface area contributed by atoms with Crippen LogP contribution in [0.15, 0.2) is 36.4 Å². The number of nitrogens with one attached hydrogen (secondary N) is 1. The Morgan fingerprint density at radius 2 is 1.96 bits per heavy atom. The molecule has 0 aliphatic rings. The Hall–Kier alpha value is -2.54. The van der Waals surface area contributed by atoms with Crippen LogP contribution in [0.2, 0.25) is 0 Å². The van der Waals surface area contributed by atoms with E-state index in [2.05, 4.69) is 10.4 Å². The van der Waals surface area contributed by atoms with E-state index in [1.54, 1.807) is 10.7 Å². The van der Waals surface area contributed by atoms with Crippen molar-refractivity contribution in [3.63, 3.8) is 0 Å². The van der Waals surface area contributed by atoms with Crippen LogP contribution in [-0.2, 0) is 13.0 Å². The maximum Gasteiger partial charge on any atom is 0.265 e. The summed E-state index contributed by atoms with van der Waals surface area (Å²) in [5.74, 6) is -1.57. The zero-order valence-corrected chi connectivity index (χ0v) is 14.7. The van der Waals surface area contributed by atoms with E-state index in [0.717, 1.165) is 23.5 Å². The average Bonchev–Trinajstić information content (AvgIpc) is 3.19. The van der Waals surface area contributed by atoms with Crippen molar-refractivity contribution in [2.75, 3.05) is 5.32 Å². The lowest BCUT2D eigenvalue weighted by atomic mass is 10.2. The van der Waals surface area contributed by atoms with Gasteiger partial charge in [0.1, 0.15) is 11.6 Å². The van der Waals surface area contributed by atoms with Gasteiger partial charge >= 0.3 is 0 Å². The summed E-state index contributed by atoms with van der Waals surface area (Å²) >= 11 is 1.03. The number of rotatable bonds is 5. The molecule has 130 valence electrons. The van der Waals surface area contributed by atoms with Crippen LogP contribution >= 0.6 is 11.3 Å². The number of hydrogen-bond donors (Lipinski definition) is 1. The molecule has 2 aromatic heterocycles. The number of hydrogen-bond acceptors (Lipinski definition) is 3. The number of benzene rings is 1. The predicted octanol–water partition coefficient (Wildman–Crippen LogP) is 4.72. The number of carbonyl (C=O) groups is 1. The molecule has 1 aromatic carbocycles. The molecule has 1 N–H and O–H groups in total. The van der Waals surface area contributed by atoms with E-state index in [4.69, 9.17) is 0 Å². The van der Waals surface area contributed by atoms with Crippen molar-refractivity contribution in [2.24, 2.45) is 0 Å². The topological polar surface area (TPSA) is 46.9 Å². The smallest absolute Gasteiger partial charge is 0.265 e. The molecular weight excluding hydrogens is 344 g/mol. The van der Waals surface area contributed by atoms with Gasteiger partial charge in [0.15, 0.2) is 0 Å². The number of amides is 1. The molecule has 2 heterocycles. The third-order valence-electron chi connectivity index (χ3n) is 3.76. The van der Waals surface area contributed by atoms with Crippen molar-refractivity contribution in [1.82, 2.24) is 9.78 Å². The van der Waals surface area contributed by atoms with Crippen molar-refractivity contribution in [3.05, 3.63) is 58.6 Å². The third-order valence-corrected chi connectivity index (χ3v) is 4.89. The molecule has 25 heavy (non-hydrogen) atoms. The number of carbonyl (C=O) groups excluding carboxylic acids is 1. The fourth-order valence-corrected chi connectivity index (χ4v) is 3.42. The minimum Gasteiger partial charge on any atom is -0.319 e. The highest BCUT2D eigenvalue weighted by Crippen LogP contribution is 2.33. The first-order valence-electron chi connectivity index (χ1n) is 7.95. The summed E-state index contributed by atoms with van der Waals surface area (Å²) in [5.41, 5.74) is 1.57. The molecule has 0 spiro atoms. The van der Waals surface area contributed by atoms with E-state index in [-0.39, 0.29) is 10.6 Å². The molecule has 0 aliphatic heterocycles. The summed E-state index contributed by atoms with van der Waals surface area (Å²) in [7, 11) is 0. The lowest BCUT2D eigenvalue weighted by molar-refractivity contribution is 0.102. The molecular formula is C18H17F2N3OS. The molecule has 4 nitrogen and oxygen atoms in total. The second-order valence-corrected chi connectivity index (χ2v) is 6.46. The maximum absolute atomic E-state index is 14.4. The summed E-state index contributed by atoms with van der Waals surface area (Å²) in [4.78, 5) is 12.9. The second kappa shape index (κ2) is 7.14. The molecule has 0 fully saturated rings. The average molecular weight is 361 g/mol. The molecule has 0 atom stereocenters. The Kier molecular flexibility index (Phi) is 4.94. The molecule has 0 unspecified atom stereocenters. The van der Waals surface area contributed by atoms with E-state index >= 15 is 0 Å². The largest absolute Gasteiger partial charge is 0.319 e. The van der Waals surface area contributed by atoms with Crippen LogP contribution in [0.3, 0.4) is 0 Å². The van der Waals surface area contributed by atoms with Gasteiger partial charge in [0.05, 0.1) is 26.8 Å². The van der Waals surface area contributed by atoms with Crippen molar-refractivity contribution in [2.45, 2.75) is 26.8 Å². The van der Waals surface area contributed by atoms with Crippen LogP contribution in [0.1, 0.15) is 29.2 Å². The van der Waals surface area contributed by atoms with Gasteiger partial charge in [-0.3, -0.25) is 9.48 Å². The van der Waals surface area contributed by atoms with E-state index in [1.807, 2.05) is 19.9 Å². The van der Waals surface area contributed by atoms with Gasteiger partial charge in [-0.15, -0.1) is 11.3 Å². The zero-order chi connectivity index (χ0) is 18.0. The summed E-state index contributed by atoms with van der Waals surface area (Å²) in [5, 5.41) is 6.88. The van der Waals surface area contributed by atoms with E-state index in [0.29, 0.717) is 17.1 Å². The van der Waals surface area contributed by atoms with Crippen molar-refractivity contribution in [3.8, 4) is 10.6 Å². The second-order valence-electron chi connectivity index (χ2n) is 5.41. The highest BCUT2D eigenvalue weighted by atomic mass is 32.1. The van der Waals surface area contributed by atoms with Crippen molar-refractivity contribution < 1.29 is 13.6 Å². The Balaban J connectivity index is 1.91. The highest BCUT2D eigenvalue weighted by Gasteiger charge is 2.20. The molecule has 0 saturated heterocycles. The van der Waals surface area contributed by atoms with Crippen LogP contribution in [0.4, 0.5) is 14.5 Å². The lowest BCUT2D eigenvalue weighted by Gasteiger charge is -2.04. The number of para-hydroxylation sites is 1. The zero-order valence-electron chi connectivity index (χ0n) is 13.8. The monoisotopic (exact) mass is 361 g/mol. The number of anilines is 1. The van der Waals surface area contributed by atoms with Gasteiger partial charge in [-0.1, -0.05) is 19.1 Å². The number of aryl methyl sites for hydroxylation is 2. The number of halogens is 2. The number of aromatic nitrogens is 2. The van der Waals surface area contributed by atoms with E-state index < -0.39 is 17.5 Å². The van der Waals surface area contributed by atoms with Gasteiger partial charge in [-0.05, 0) is 37.6 Å². The van der Waals surface area contributed by atoms with Gasteiger partial charge in [0, 0.05) is 6.54 Å². The van der Waals surface area contributed by atoms with Crippen LogP contribution in [0, 0.1) is 11.6 Å². The molecule has 0 saturated carbocycles. The van der Waals surface area contributed by atoms with Crippen LogP contribution < -0.4 is 5.32 Å². The first-order chi connectivity index (χ1) is 12.0. The van der Waals surface area contributed by atoms with Gasteiger partial charge in [0.25, 0.3) is 5.91 Å². The standard InChI is InChI=1S/C18H17F2N3OS/c1-3-11-9-15(23(4-2)22-11)17-13(20)10-16(25-17)18(24)21-14-8-6-5-7-12(14)19/h5-10H,3-4H2,1-2H3,(H,21,24). The van der Waals surface area contributed by atoms with Crippen molar-refractivity contribution >= 4 is 22.9 Å². The summed E-state index contributed by atoms with van der Waals surface area (Å²) < 4.78 is 29.8. The van der Waals surface area contributed by atoms with Crippen LogP contribution in [0.25, 0.3) is 10.6 Å². The fraction of sp³-hybridized carbons (Fsp3) is 0.222. The van der Waals surface area contributed by atoms with Gasteiger partial charge in [-0.2, -0.15) is 5.10 Å². The fourth-order valence-electron chi connectivity index (χ4n) is 2.47. The van der Waals surface area contributed by atoms with Gasteiger partial charge in [0.2, 0.25) is 0 Å². The molecule has 7 heteroatoms. The third kappa shape index (κ3) is 3.46. The molecule has 3 aromatic rings. The minimum absolute atomic E-state index is 0.0646. The first-order valence-corrected chi connectivity index (χ1v) is 8.77. The summed E-state index contributed by atoms with van der Waals surface area (Å²) in [6.45, 7) is 4.50. The maximum atomic E-state index is 14.4. The molecule has 0 aliphatic carbocycles. The first kappa shape index (κ1) is 17.3. The Morgan fingerprint density at radius 1 is 1.20 bits per heavy atom. The Labute approximate surface area is 148 Å². The van der Waals surface area contributed by atoms with Gasteiger partial charge in [-0.25, -0.2) is 8.78 Å². The number of thiophene rings is 1. The lowest BCUT2D eigenvalue weighted by Crippen LogP contribution is -2.11. The highest BCUT2D eigenvalue weighted by molar-refractivity contribution is 7.17. The summed E-state index contributed by atoms with van der Waals surface area (Å²) in [6, 6.07) is 8.86. The Bertz CT molecular complexity index is 917. The minimum atomic E-state index is -0.543. The molecule has 3 rings (SSSR count). The molecule has 0 bridgehead atoms. The van der Waals surface area contributed by atoms with Crippen LogP contribution in [-0.4, -0.2) is 15.7 Å². The number of nitrogens with zero attached hydrogens (tertiary/aromatic N) is 2. The van der Waals surface area contributed by atoms with Crippen molar-refractivity contribution in [1.29, 1.82) is 0 Å².